The number of hydrogen-bond donors (Lipinski definition) is 1. The zero-order chi connectivity index (χ0) is 14.4. The van der Waals surface area contributed by atoms with Crippen LogP contribution in [0, 0.1) is 0 Å². The van der Waals surface area contributed by atoms with Crippen LogP contribution in [-0.2, 0) is 16.0 Å². The van der Waals surface area contributed by atoms with Crippen molar-refractivity contribution in [2.75, 3.05) is 40.5 Å². The summed E-state index contributed by atoms with van der Waals surface area (Å²) in [7, 11) is 3.52. The van der Waals surface area contributed by atoms with Crippen molar-refractivity contribution < 1.29 is 9.47 Å². The summed E-state index contributed by atoms with van der Waals surface area (Å²) in [6, 6.07) is 9.46. The van der Waals surface area contributed by atoms with E-state index in [1.54, 1.807) is 14.2 Å². The molecule has 0 saturated carbocycles. The first-order valence-corrected chi connectivity index (χ1v) is 7.30. The van der Waals surface area contributed by atoms with Gasteiger partial charge in [-0.15, -0.1) is 0 Å². The van der Waals surface area contributed by atoms with Gasteiger partial charge in [0.2, 0.25) is 0 Å². The van der Waals surface area contributed by atoms with Gasteiger partial charge in [-0.05, 0) is 18.1 Å². The lowest BCUT2D eigenvalue weighted by atomic mass is 9.94. The van der Waals surface area contributed by atoms with Crippen LogP contribution in [0.4, 0.5) is 0 Å². The molecule has 0 aromatic heterocycles. The normalized spacial score (nSPS) is 19.9. The summed E-state index contributed by atoms with van der Waals surface area (Å²) in [5.41, 5.74) is 2.83. The number of nitrogens with zero attached hydrogens (tertiary/aromatic N) is 1. The van der Waals surface area contributed by atoms with Crippen LogP contribution in [0.15, 0.2) is 24.3 Å². The lowest BCUT2D eigenvalue weighted by Gasteiger charge is -2.39. The molecule has 1 aliphatic heterocycles. The molecular weight excluding hydrogens is 252 g/mol. The maximum Gasteiger partial charge on any atom is 0.0615 e. The Kier molecular flexibility index (Phi) is 5.98. The van der Waals surface area contributed by atoms with Crippen LogP contribution in [0.25, 0.3) is 0 Å². The molecule has 0 saturated heterocycles. The van der Waals surface area contributed by atoms with E-state index in [1.165, 1.54) is 11.1 Å². The van der Waals surface area contributed by atoms with Crippen molar-refractivity contribution in [3.05, 3.63) is 35.4 Å². The van der Waals surface area contributed by atoms with E-state index in [-0.39, 0.29) is 0 Å². The third-order valence-corrected chi connectivity index (χ3v) is 4.00. The molecule has 0 aliphatic carbocycles. The lowest BCUT2D eigenvalue weighted by molar-refractivity contribution is 0.0440. The summed E-state index contributed by atoms with van der Waals surface area (Å²) >= 11 is 0. The monoisotopic (exact) mass is 278 g/mol. The molecule has 2 atom stereocenters. The van der Waals surface area contributed by atoms with Crippen molar-refractivity contribution >= 4 is 0 Å². The SMILES string of the molecule is COCCN(C(C)COC)C1CNCc2ccccc21. The Bertz CT molecular complexity index is 411. The molecule has 1 aliphatic rings. The predicted octanol–water partition coefficient (Wildman–Crippen LogP) is 1.81. The van der Waals surface area contributed by atoms with E-state index < -0.39 is 0 Å². The molecular formula is C16H26N2O2. The van der Waals surface area contributed by atoms with Gasteiger partial charge in [0.15, 0.2) is 0 Å². The summed E-state index contributed by atoms with van der Waals surface area (Å²) < 4.78 is 10.6. The maximum atomic E-state index is 5.34. The fourth-order valence-corrected chi connectivity index (χ4v) is 2.99. The largest absolute Gasteiger partial charge is 0.383 e. The minimum Gasteiger partial charge on any atom is -0.383 e. The molecule has 0 amide bonds. The van der Waals surface area contributed by atoms with Gasteiger partial charge < -0.3 is 14.8 Å². The van der Waals surface area contributed by atoms with Crippen molar-refractivity contribution in [3.8, 4) is 0 Å². The topological polar surface area (TPSA) is 33.7 Å². The van der Waals surface area contributed by atoms with E-state index >= 15 is 0 Å². The second kappa shape index (κ2) is 7.74. The third kappa shape index (κ3) is 3.58. The smallest absolute Gasteiger partial charge is 0.0615 e. The van der Waals surface area contributed by atoms with Gasteiger partial charge in [-0.1, -0.05) is 24.3 Å². The molecule has 4 heteroatoms. The molecule has 2 rings (SSSR count). The molecule has 1 aromatic rings. The summed E-state index contributed by atoms with van der Waals surface area (Å²) in [6.45, 7) is 6.56. The number of nitrogens with one attached hydrogen (secondary N) is 1. The van der Waals surface area contributed by atoms with Crippen molar-refractivity contribution in [2.24, 2.45) is 0 Å². The second-order valence-corrected chi connectivity index (χ2v) is 5.38. The van der Waals surface area contributed by atoms with E-state index in [0.717, 1.165) is 32.8 Å². The van der Waals surface area contributed by atoms with Gasteiger partial charge >= 0.3 is 0 Å². The molecule has 4 nitrogen and oxygen atoms in total. The van der Waals surface area contributed by atoms with Crippen LogP contribution in [0.1, 0.15) is 24.1 Å². The van der Waals surface area contributed by atoms with E-state index in [4.69, 9.17) is 9.47 Å². The maximum absolute atomic E-state index is 5.34. The van der Waals surface area contributed by atoms with Crippen LogP contribution >= 0.6 is 0 Å². The average Bonchev–Trinajstić information content (AvgIpc) is 2.48. The molecule has 0 radical (unpaired) electrons. The first-order chi connectivity index (χ1) is 9.77. The first kappa shape index (κ1) is 15.4. The highest BCUT2D eigenvalue weighted by atomic mass is 16.5. The molecule has 1 heterocycles. The van der Waals surface area contributed by atoms with Crippen LogP contribution in [-0.4, -0.2) is 51.5 Å². The number of benzene rings is 1. The minimum atomic E-state index is 0.369. The Morgan fingerprint density at radius 3 is 2.85 bits per heavy atom. The van der Waals surface area contributed by atoms with Crippen molar-refractivity contribution in [1.82, 2.24) is 10.2 Å². The van der Waals surface area contributed by atoms with Crippen molar-refractivity contribution in [1.29, 1.82) is 0 Å². The summed E-state index contributed by atoms with van der Waals surface area (Å²) in [5, 5.41) is 3.52. The fraction of sp³-hybridized carbons (Fsp3) is 0.625. The summed E-state index contributed by atoms with van der Waals surface area (Å²) in [6.07, 6.45) is 0. The van der Waals surface area contributed by atoms with Gasteiger partial charge in [0, 0.05) is 45.9 Å². The van der Waals surface area contributed by atoms with Crippen LogP contribution in [0.5, 0.6) is 0 Å². The molecule has 2 unspecified atom stereocenters. The summed E-state index contributed by atoms with van der Waals surface area (Å²) in [4.78, 5) is 2.48. The van der Waals surface area contributed by atoms with Crippen LogP contribution < -0.4 is 5.32 Å². The molecule has 20 heavy (non-hydrogen) atoms. The number of fused-ring (bicyclic) bond motifs is 1. The Hall–Kier alpha value is -0.940. The molecule has 1 aromatic carbocycles. The molecule has 0 fully saturated rings. The molecule has 1 N–H and O–H groups in total. The van der Waals surface area contributed by atoms with Crippen LogP contribution in [0.2, 0.25) is 0 Å². The molecule has 0 spiro atoms. The Labute approximate surface area is 122 Å². The Morgan fingerprint density at radius 1 is 1.30 bits per heavy atom. The Balaban J connectivity index is 2.20. The first-order valence-electron chi connectivity index (χ1n) is 7.30. The van der Waals surface area contributed by atoms with Gasteiger partial charge in [0.1, 0.15) is 0 Å². The highest BCUT2D eigenvalue weighted by Gasteiger charge is 2.28. The second-order valence-electron chi connectivity index (χ2n) is 5.38. The van der Waals surface area contributed by atoms with Crippen LogP contribution in [0.3, 0.4) is 0 Å². The van der Waals surface area contributed by atoms with E-state index in [1.807, 2.05) is 0 Å². The highest BCUT2D eigenvalue weighted by Crippen LogP contribution is 2.28. The number of ether oxygens (including phenoxy) is 2. The molecule has 0 bridgehead atoms. The van der Waals surface area contributed by atoms with E-state index in [2.05, 4.69) is 41.4 Å². The van der Waals surface area contributed by atoms with Gasteiger partial charge in [-0.3, -0.25) is 4.90 Å². The third-order valence-electron chi connectivity index (χ3n) is 4.00. The minimum absolute atomic E-state index is 0.369. The molecule has 112 valence electrons. The zero-order valence-electron chi connectivity index (χ0n) is 12.8. The average molecular weight is 278 g/mol. The van der Waals surface area contributed by atoms with E-state index in [9.17, 15) is 0 Å². The number of rotatable bonds is 7. The summed E-state index contributed by atoms with van der Waals surface area (Å²) in [5.74, 6) is 0. The van der Waals surface area contributed by atoms with Gasteiger partial charge in [-0.25, -0.2) is 0 Å². The van der Waals surface area contributed by atoms with Crippen molar-refractivity contribution in [2.45, 2.75) is 25.6 Å². The fourth-order valence-electron chi connectivity index (χ4n) is 2.99. The zero-order valence-corrected chi connectivity index (χ0v) is 12.8. The highest BCUT2D eigenvalue weighted by molar-refractivity contribution is 5.32. The predicted molar refractivity (Wildman–Crippen MR) is 80.8 cm³/mol. The van der Waals surface area contributed by atoms with Crippen molar-refractivity contribution in [3.63, 3.8) is 0 Å². The van der Waals surface area contributed by atoms with E-state index in [0.29, 0.717) is 12.1 Å². The van der Waals surface area contributed by atoms with Gasteiger partial charge in [0.25, 0.3) is 0 Å². The number of hydrogen-bond acceptors (Lipinski definition) is 4. The standard InChI is InChI=1S/C16H26N2O2/c1-13(12-20-3)18(8-9-19-2)16-11-17-10-14-6-4-5-7-15(14)16/h4-7,13,16-17H,8-12H2,1-3H3. The number of methoxy groups -OCH3 is 2. The quantitative estimate of drug-likeness (QED) is 0.825. The lowest BCUT2D eigenvalue weighted by Crippen LogP contribution is -2.46. The Morgan fingerprint density at radius 2 is 2.10 bits per heavy atom. The van der Waals surface area contributed by atoms with Gasteiger partial charge in [0.05, 0.1) is 13.2 Å². The van der Waals surface area contributed by atoms with Gasteiger partial charge in [-0.2, -0.15) is 0 Å².